The maximum atomic E-state index is 11.9. The molecule has 1 amide bonds. The van der Waals surface area contributed by atoms with Crippen molar-refractivity contribution in [3.63, 3.8) is 0 Å². The molecule has 0 spiro atoms. The first-order valence-electron chi connectivity index (χ1n) is 7.09. The van der Waals surface area contributed by atoms with Crippen molar-refractivity contribution >= 4 is 5.91 Å². The van der Waals surface area contributed by atoms with Gasteiger partial charge in [0, 0.05) is 6.54 Å². The van der Waals surface area contributed by atoms with E-state index in [4.69, 9.17) is 4.74 Å². The van der Waals surface area contributed by atoms with Gasteiger partial charge in [-0.15, -0.1) is 0 Å². The Balaban J connectivity index is 2.61. The Morgan fingerprint density at radius 2 is 1.95 bits per heavy atom. The van der Waals surface area contributed by atoms with E-state index in [1.807, 2.05) is 24.3 Å². The van der Waals surface area contributed by atoms with E-state index in [0.717, 1.165) is 30.7 Å². The zero-order chi connectivity index (χ0) is 14.3. The summed E-state index contributed by atoms with van der Waals surface area (Å²) in [5.74, 6) is 1.13. The fourth-order valence-corrected chi connectivity index (χ4v) is 1.84. The lowest BCUT2D eigenvalue weighted by atomic mass is 10.0. The first-order valence-corrected chi connectivity index (χ1v) is 7.09. The van der Waals surface area contributed by atoms with Crippen LogP contribution in [-0.2, 0) is 4.79 Å². The molecule has 0 saturated carbocycles. The number of nitrogens with one attached hydrogen (secondary N) is 1. The van der Waals surface area contributed by atoms with Gasteiger partial charge in [0.15, 0.2) is 6.10 Å². The highest BCUT2D eigenvalue weighted by atomic mass is 16.5. The average Bonchev–Trinajstić information content (AvgIpc) is 2.39. The minimum atomic E-state index is -0.461. The van der Waals surface area contributed by atoms with E-state index in [2.05, 4.69) is 26.1 Å². The molecule has 1 atom stereocenters. The Kier molecular flexibility index (Phi) is 6.40. The van der Waals surface area contributed by atoms with Crippen LogP contribution < -0.4 is 10.1 Å². The van der Waals surface area contributed by atoms with E-state index >= 15 is 0 Å². The Bertz CT molecular complexity index is 401. The van der Waals surface area contributed by atoms with Gasteiger partial charge in [-0.1, -0.05) is 45.4 Å². The van der Waals surface area contributed by atoms with Crippen molar-refractivity contribution in [2.24, 2.45) is 0 Å². The van der Waals surface area contributed by atoms with Crippen LogP contribution >= 0.6 is 0 Å². The van der Waals surface area contributed by atoms with Crippen LogP contribution in [-0.4, -0.2) is 18.6 Å². The standard InChI is InChI=1S/C16H25NO2/c1-5-6-11-17-16(18)13(4)19-15-10-8-7-9-14(15)12(2)3/h7-10,12-13H,5-6,11H2,1-4H3,(H,17,18). The first kappa shape index (κ1) is 15.5. The highest BCUT2D eigenvalue weighted by Crippen LogP contribution is 2.26. The number of carbonyl (C=O) groups is 1. The van der Waals surface area contributed by atoms with Gasteiger partial charge in [-0.2, -0.15) is 0 Å². The van der Waals surface area contributed by atoms with Crippen molar-refractivity contribution in [1.29, 1.82) is 0 Å². The fraction of sp³-hybridized carbons (Fsp3) is 0.562. The van der Waals surface area contributed by atoms with E-state index in [9.17, 15) is 4.79 Å². The highest BCUT2D eigenvalue weighted by molar-refractivity contribution is 5.80. The Morgan fingerprint density at radius 3 is 2.58 bits per heavy atom. The molecular formula is C16H25NO2. The van der Waals surface area contributed by atoms with Gasteiger partial charge in [0.05, 0.1) is 0 Å². The monoisotopic (exact) mass is 263 g/mol. The van der Waals surface area contributed by atoms with Crippen LogP contribution in [0.15, 0.2) is 24.3 Å². The highest BCUT2D eigenvalue weighted by Gasteiger charge is 2.16. The van der Waals surface area contributed by atoms with Crippen LogP contribution in [0.1, 0.15) is 52.0 Å². The van der Waals surface area contributed by atoms with Gasteiger partial charge in [0.25, 0.3) is 5.91 Å². The Morgan fingerprint density at radius 1 is 1.26 bits per heavy atom. The van der Waals surface area contributed by atoms with Gasteiger partial charge in [0.1, 0.15) is 5.75 Å². The summed E-state index contributed by atoms with van der Waals surface area (Å²) in [5.41, 5.74) is 1.13. The number of para-hydroxylation sites is 1. The molecule has 3 heteroatoms. The molecule has 1 N–H and O–H groups in total. The molecule has 0 aliphatic carbocycles. The normalized spacial score (nSPS) is 12.3. The minimum Gasteiger partial charge on any atom is -0.481 e. The second-order valence-electron chi connectivity index (χ2n) is 5.10. The van der Waals surface area contributed by atoms with Crippen molar-refractivity contribution < 1.29 is 9.53 Å². The molecule has 1 unspecified atom stereocenters. The number of unbranched alkanes of at least 4 members (excludes halogenated alkanes) is 1. The summed E-state index contributed by atoms with van der Waals surface area (Å²) in [5, 5.41) is 2.89. The van der Waals surface area contributed by atoms with Crippen LogP contribution in [0.5, 0.6) is 5.75 Å². The van der Waals surface area contributed by atoms with Gasteiger partial charge in [-0.3, -0.25) is 4.79 Å². The summed E-state index contributed by atoms with van der Waals surface area (Å²) in [6.45, 7) is 8.85. The Labute approximate surface area is 116 Å². The van der Waals surface area contributed by atoms with Gasteiger partial charge >= 0.3 is 0 Å². The third kappa shape index (κ3) is 4.93. The lowest BCUT2D eigenvalue weighted by molar-refractivity contribution is -0.127. The zero-order valence-electron chi connectivity index (χ0n) is 12.4. The molecule has 106 valence electrons. The molecule has 1 rings (SSSR count). The molecule has 0 aliphatic rings. The smallest absolute Gasteiger partial charge is 0.260 e. The quantitative estimate of drug-likeness (QED) is 0.765. The minimum absolute atomic E-state index is 0.0491. The Hall–Kier alpha value is -1.51. The van der Waals surface area contributed by atoms with Crippen LogP contribution in [0.4, 0.5) is 0 Å². The maximum absolute atomic E-state index is 11.9. The zero-order valence-corrected chi connectivity index (χ0v) is 12.4. The average molecular weight is 263 g/mol. The van der Waals surface area contributed by atoms with Crippen molar-refractivity contribution in [3.8, 4) is 5.75 Å². The van der Waals surface area contributed by atoms with Crippen LogP contribution in [0, 0.1) is 0 Å². The summed E-state index contributed by atoms with van der Waals surface area (Å²) in [6.07, 6.45) is 1.61. The van der Waals surface area contributed by atoms with E-state index in [1.54, 1.807) is 6.92 Å². The van der Waals surface area contributed by atoms with E-state index in [0.29, 0.717) is 5.92 Å². The molecule has 19 heavy (non-hydrogen) atoms. The maximum Gasteiger partial charge on any atom is 0.260 e. The molecule has 1 aromatic rings. The lowest BCUT2D eigenvalue weighted by Gasteiger charge is -2.18. The number of rotatable bonds is 7. The van der Waals surface area contributed by atoms with Crippen molar-refractivity contribution in [3.05, 3.63) is 29.8 Å². The van der Waals surface area contributed by atoms with E-state index in [1.165, 1.54) is 0 Å². The number of carbonyl (C=O) groups excluding carboxylic acids is 1. The summed E-state index contributed by atoms with van der Waals surface area (Å²) in [4.78, 5) is 11.9. The van der Waals surface area contributed by atoms with E-state index < -0.39 is 6.10 Å². The van der Waals surface area contributed by atoms with Crippen molar-refractivity contribution in [1.82, 2.24) is 5.32 Å². The third-order valence-corrected chi connectivity index (χ3v) is 3.04. The van der Waals surface area contributed by atoms with E-state index in [-0.39, 0.29) is 5.91 Å². The summed E-state index contributed by atoms with van der Waals surface area (Å²) < 4.78 is 5.79. The molecular weight excluding hydrogens is 238 g/mol. The van der Waals surface area contributed by atoms with Gasteiger partial charge in [0.2, 0.25) is 0 Å². The van der Waals surface area contributed by atoms with Crippen LogP contribution in [0.3, 0.4) is 0 Å². The topological polar surface area (TPSA) is 38.3 Å². The molecule has 0 bridgehead atoms. The molecule has 0 aliphatic heterocycles. The second-order valence-corrected chi connectivity index (χ2v) is 5.10. The number of ether oxygens (including phenoxy) is 1. The molecule has 0 heterocycles. The number of hydrogen-bond donors (Lipinski definition) is 1. The number of amides is 1. The van der Waals surface area contributed by atoms with Crippen LogP contribution in [0.2, 0.25) is 0 Å². The lowest BCUT2D eigenvalue weighted by Crippen LogP contribution is -2.36. The second kappa shape index (κ2) is 7.82. The molecule has 0 aromatic heterocycles. The molecule has 1 aromatic carbocycles. The third-order valence-electron chi connectivity index (χ3n) is 3.04. The number of hydrogen-bond acceptors (Lipinski definition) is 2. The molecule has 0 saturated heterocycles. The summed E-state index contributed by atoms with van der Waals surface area (Å²) >= 11 is 0. The molecule has 3 nitrogen and oxygen atoms in total. The summed E-state index contributed by atoms with van der Waals surface area (Å²) in [7, 11) is 0. The van der Waals surface area contributed by atoms with Gasteiger partial charge in [-0.05, 0) is 30.9 Å². The van der Waals surface area contributed by atoms with Crippen LogP contribution in [0.25, 0.3) is 0 Å². The predicted molar refractivity (Wildman–Crippen MR) is 78.5 cm³/mol. The van der Waals surface area contributed by atoms with Gasteiger partial charge in [-0.25, -0.2) is 0 Å². The first-order chi connectivity index (χ1) is 9.06. The predicted octanol–water partition coefficient (Wildman–Crippen LogP) is 3.49. The molecule has 0 fully saturated rings. The van der Waals surface area contributed by atoms with Crippen molar-refractivity contribution in [2.45, 2.75) is 52.6 Å². The fourth-order valence-electron chi connectivity index (χ4n) is 1.84. The summed E-state index contributed by atoms with van der Waals surface area (Å²) in [6, 6.07) is 7.89. The van der Waals surface area contributed by atoms with Gasteiger partial charge < -0.3 is 10.1 Å². The SMILES string of the molecule is CCCCNC(=O)C(C)Oc1ccccc1C(C)C. The van der Waals surface area contributed by atoms with Crippen molar-refractivity contribution in [2.75, 3.05) is 6.54 Å². The number of benzene rings is 1. The molecule has 0 radical (unpaired) electrons. The largest absolute Gasteiger partial charge is 0.481 e.